The molecule has 1 aliphatic rings. The van der Waals surface area contributed by atoms with Crippen molar-refractivity contribution in [2.75, 3.05) is 13.2 Å². The zero-order chi connectivity index (χ0) is 22.7. The molecule has 3 aromatic rings. The first-order chi connectivity index (χ1) is 15.5. The van der Waals surface area contributed by atoms with Gasteiger partial charge in [-0.3, -0.25) is 0 Å². The van der Waals surface area contributed by atoms with Crippen molar-refractivity contribution < 1.29 is 19.7 Å². The molecule has 0 radical (unpaired) electrons. The molecule has 0 saturated carbocycles. The molecule has 1 aliphatic carbocycles. The van der Waals surface area contributed by atoms with Gasteiger partial charge < -0.3 is 20.3 Å². The van der Waals surface area contributed by atoms with E-state index < -0.39 is 18.3 Å². The number of ether oxygens (including phenoxy) is 1. The number of nitrogens with one attached hydrogen (secondary N) is 1. The highest BCUT2D eigenvalue weighted by Crippen LogP contribution is 2.44. The Morgan fingerprint density at radius 2 is 1.69 bits per heavy atom. The fourth-order valence-corrected chi connectivity index (χ4v) is 4.29. The van der Waals surface area contributed by atoms with E-state index in [1.54, 1.807) is 0 Å². The highest BCUT2D eigenvalue weighted by molar-refractivity contribution is 6.31. The van der Waals surface area contributed by atoms with Crippen LogP contribution in [0.1, 0.15) is 34.3 Å². The first kappa shape index (κ1) is 21.8. The SMILES string of the molecule is N#Cc1ccc(C(O)C(O)CNC(=O)OCC2c3ccccc3-c3ccccc32)c(Cl)c1. The molecule has 0 aromatic heterocycles. The second kappa shape index (κ2) is 9.41. The van der Waals surface area contributed by atoms with Crippen molar-refractivity contribution in [3.8, 4) is 17.2 Å². The van der Waals surface area contributed by atoms with Crippen molar-refractivity contribution in [2.45, 2.75) is 18.1 Å². The van der Waals surface area contributed by atoms with Crippen LogP contribution < -0.4 is 5.32 Å². The summed E-state index contributed by atoms with van der Waals surface area (Å²) in [7, 11) is 0. The minimum atomic E-state index is -1.33. The van der Waals surface area contributed by atoms with E-state index in [0.717, 1.165) is 22.3 Å². The van der Waals surface area contributed by atoms with Crippen LogP contribution in [0.5, 0.6) is 0 Å². The zero-order valence-corrected chi connectivity index (χ0v) is 17.8. The molecule has 0 fully saturated rings. The number of carbonyl (C=O) groups is 1. The molecule has 0 saturated heterocycles. The molecule has 0 bridgehead atoms. The van der Waals surface area contributed by atoms with Crippen molar-refractivity contribution in [3.05, 3.63) is 94.0 Å². The van der Waals surface area contributed by atoms with Crippen LogP contribution in [0.15, 0.2) is 66.7 Å². The number of aliphatic hydroxyl groups is 2. The van der Waals surface area contributed by atoms with E-state index in [1.165, 1.54) is 18.2 Å². The summed E-state index contributed by atoms with van der Waals surface area (Å²) in [6, 6.07) is 22.4. The monoisotopic (exact) mass is 448 g/mol. The molecule has 0 spiro atoms. The van der Waals surface area contributed by atoms with Crippen molar-refractivity contribution in [1.29, 1.82) is 5.26 Å². The maximum atomic E-state index is 12.2. The third-order valence-corrected chi connectivity index (χ3v) is 5.94. The number of benzene rings is 3. The van der Waals surface area contributed by atoms with Gasteiger partial charge >= 0.3 is 6.09 Å². The van der Waals surface area contributed by atoms with Crippen LogP contribution in [-0.2, 0) is 4.74 Å². The summed E-state index contributed by atoms with van der Waals surface area (Å²) < 4.78 is 5.42. The first-order valence-electron chi connectivity index (χ1n) is 10.1. The Morgan fingerprint density at radius 1 is 1.06 bits per heavy atom. The molecule has 0 aliphatic heterocycles. The fraction of sp³-hybridized carbons (Fsp3) is 0.200. The summed E-state index contributed by atoms with van der Waals surface area (Å²) in [6.07, 6.45) is -3.32. The number of fused-ring (bicyclic) bond motifs is 3. The van der Waals surface area contributed by atoms with Crippen LogP contribution in [0.3, 0.4) is 0 Å². The number of aliphatic hydroxyl groups excluding tert-OH is 2. The number of halogens is 1. The molecule has 3 aromatic carbocycles. The molecule has 0 heterocycles. The van der Waals surface area contributed by atoms with E-state index in [-0.39, 0.29) is 29.7 Å². The Hall–Kier alpha value is -3.37. The van der Waals surface area contributed by atoms with E-state index in [2.05, 4.69) is 17.4 Å². The standard InChI is InChI=1S/C25H21ClN2O4/c26-22-11-15(12-27)9-10-20(22)24(30)23(29)13-28-25(31)32-14-21-18-7-3-1-5-16(18)17-6-2-4-8-19(17)21/h1-11,21,23-24,29-30H,13-14H2,(H,28,31). The van der Waals surface area contributed by atoms with E-state index in [9.17, 15) is 15.0 Å². The number of nitriles is 1. The van der Waals surface area contributed by atoms with Crippen LogP contribution in [0.4, 0.5) is 4.79 Å². The molecule has 6 nitrogen and oxygen atoms in total. The van der Waals surface area contributed by atoms with Crippen LogP contribution in [-0.4, -0.2) is 35.6 Å². The molecule has 162 valence electrons. The van der Waals surface area contributed by atoms with Crippen LogP contribution >= 0.6 is 11.6 Å². The number of alkyl carbamates (subject to hydrolysis) is 1. The van der Waals surface area contributed by atoms with Gasteiger partial charge in [0.1, 0.15) is 18.8 Å². The summed E-state index contributed by atoms with van der Waals surface area (Å²) in [5, 5.41) is 32.2. The molecular formula is C25H21ClN2O4. The lowest BCUT2D eigenvalue weighted by molar-refractivity contribution is 0.0186. The fourth-order valence-electron chi connectivity index (χ4n) is 3.99. The zero-order valence-electron chi connectivity index (χ0n) is 17.0. The van der Waals surface area contributed by atoms with Gasteiger partial charge in [-0.1, -0.05) is 66.2 Å². The number of amides is 1. The van der Waals surface area contributed by atoms with Gasteiger partial charge in [0.15, 0.2) is 0 Å². The second-order valence-electron chi connectivity index (χ2n) is 7.57. The quantitative estimate of drug-likeness (QED) is 0.525. The van der Waals surface area contributed by atoms with Crippen LogP contribution in [0, 0.1) is 11.3 Å². The van der Waals surface area contributed by atoms with E-state index in [0.29, 0.717) is 5.56 Å². The summed E-state index contributed by atoms with van der Waals surface area (Å²) in [5.41, 5.74) is 5.09. The van der Waals surface area contributed by atoms with Gasteiger partial charge in [-0.15, -0.1) is 0 Å². The minimum Gasteiger partial charge on any atom is -0.449 e. The maximum absolute atomic E-state index is 12.2. The predicted molar refractivity (Wildman–Crippen MR) is 120 cm³/mol. The highest BCUT2D eigenvalue weighted by Gasteiger charge is 2.29. The van der Waals surface area contributed by atoms with Gasteiger partial charge in [-0.25, -0.2) is 4.79 Å². The van der Waals surface area contributed by atoms with Gasteiger partial charge in [0.05, 0.1) is 11.6 Å². The van der Waals surface area contributed by atoms with Crippen molar-refractivity contribution in [2.24, 2.45) is 0 Å². The summed E-state index contributed by atoms with van der Waals surface area (Å²) in [5.74, 6) is -0.0684. The normalized spacial score (nSPS) is 14.1. The minimum absolute atomic E-state index is 0.0684. The third kappa shape index (κ3) is 4.32. The Labute approximate surface area is 190 Å². The molecule has 4 rings (SSSR count). The van der Waals surface area contributed by atoms with Crippen LogP contribution in [0.25, 0.3) is 11.1 Å². The van der Waals surface area contributed by atoms with E-state index >= 15 is 0 Å². The van der Waals surface area contributed by atoms with Crippen molar-refractivity contribution >= 4 is 17.7 Å². The first-order valence-corrected chi connectivity index (χ1v) is 10.5. The molecule has 2 unspecified atom stereocenters. The van der Waals surface area contributed by atoms with Gasteiger partial charge in [0.25, 0.3) is 0 Å². The summed E-state index contributed by atoms with van der Waals surface area (Å²) >= 11 is 6.08. The lowest BCUT2D eigenvalue weighted by atomic mass is 9.98. The molecule has 1 amide bonds. The number of nitrogens with zero attached hydrogens (tertiary/aromatic N) is 1. The van der Waals surface area contributed by atoms with Gasteiger partial charge in [0, 0.05) is 23.0 Å². The topological polar surface area (TPSA) is 103 Å². The molecular weight excluding hydrogens is 428 g/mol. The smallest absolute Gasteiger partial charge is 0.407 e. The molecule has 2 atom stereocenters. The highest BCUT2D eigenvalue weighted by atomic mass is 35.5. The van der Waals surface area contributed by atoms with Crippen molar-refractivity contribution in [1.82, 2.24) is 5.32 Å². The number of hydrogen-bond donors (Lipinski definition) is 3. The summed E-state index contributed by atoms with van der Waals surface area (Å²) in [4.78, 5) is 12.2. The number of hydrogen-bond acceptors (Lipinski definition) is 5. The Morgan fingerprint density at radius 3 is 2.28 bits per heavy atom. The van der Waals surface area contributed by atoms with Gasteiger partial charge in [0.2, 0.25) is 0 Å². The summed E-state index contributed by atoms with van der Waals surface area (Å²) in [6.45, 7) is -0.0753. The van der Waals surface area contributed by atoms with Gasteiger partial charge in [-0.05, 0) is 34.4 Å². The maximum Gasteiger partial charge on any atom is 0.407 e. The molecule has 3 N–H and O–H groups in total. The van der Waals surface area contributed by atoms with Gasteiger partial charge in [-0.2, -0.15) is 5.26 Å². The molecule has 7 heteroatoms. The third-order valence-electron chi connectivity index (χ3n) is 5.61. The molecule has 32 heavy (non-hydrogen) atoms. The Kier molecular flexibility index (Phi) is 6.42. The van der Waals surface area contributed by atoms with E-state index in [1.807, 2.05) is 42.5 Å². The van der Waals surface area contributed by atoms with Crippen LogP contribution in [0.2, 0.25) is 5.02 Å². The second-order valence-corrected chi connectivity index (χ2v) is 7.97. The lowest BCUT2D eigenvalue weighted by Crippen LogP contribution is -2.36. The number of carbonyl (C=O) groups excluding carboxylic acids is 1. The predicted octanol–water partition coefficient (Wildman–Crippen LogP) is 4.14. The number of rotatable bonds is 6. The Balaban J connectivity index is 1.34. The van der Waals surface area contributed by atoms with E-state index in [4.69, 9.17) is 21.6 Å². The lowest BCUT2D eigenvalue weighted by Gasteiger charge is -2.20. The average molecular weight is 449 g/mol. The largest absolute Gasteiger partial charge is 0.449 e. The van der Waals surface area contributed by atoms with Crippen molar-refractivity contribution in [3.63, 3.8) is 0 Å². The Bertz CT molecular complexity index is 1150. The average Bonchev–Trinajstić information content (AvgIpc) is 3.14.